The molecule has 0 unspecified atom stereocenters. The van der Waals surface area contributed by atoms with Crippen molar-refractivity contribution in [2.45, 2.75) is 19.8 Å². The largest absolute Gasteiger partial charge is 0.349 e. The molecule has 0 aliphatic carbocycles. The first-order chi connectivity index (χ1) is 9.52. The van der Waals surface area contributed by atoms with Crippen molar-refractivity contribution in [1.29, 1.82) is 0 Å². The van der Waals surface area contributed by atoms with Gasteiger partial charge in [0.1, 0.15) is 0 Å². The molecular formula is C15H23N3O2. The predicted octanol–water partition coefficient (Wildman–Crippen LogP) is 1.26. The van der Waals surface area contributed by atoms with Crippen molar-refractivity contribution in [3.05, 3.63) is 29.8 Å². The van der Waals surface area contributed by atoms with E-state index < -0.39 is 0 Å². The second-order valence-electron chi connectivity index (χ2n) is 4.81. The summed E-state index contributed by atoms with van der Waals surface area (Å²) in [5.41, 5.74) is 1.70. The van der Waals surface area contributed by atoms with E-state index in [4.69, 9.17) is 0 Å². The SMILES string of the molecule is CCNCCC(=O)Nc1ccc(CC(=O)N(C)C)cc1. The molecule has 1 aromatic carbocycles. The molecule has 0 fully saturated rings. The lowest BCUT2D eigenvalue weighted by Gasteiger charge is -2.10. The molecule has 0 radical (unpaired) electrons. The molecular weight excluding hydrogens is 254 g/mol. The minimum Gasteiger partial charge on any atom is -0.349 e. The van der Waals surface area contributed by atoms with Gasteiger partial charge in [0.05, 0.1) is 6.42 Å². The van der Waals surface area contributed by atoms with Crippen LogP contribution in [0.15, 0.2) is 24.3 Å². The number of benzene rings is 1. The van der Waals surface area contributed by atoms with Crippen molar-refractivity contribution < 1.29 is 9.59 Å². The van der Waals surface area contributed by atoms with E-state index in [1.165, 1.54) is 0 Å². The van der Waals surface area contributed by atoms with Crippen LogP contribution in [0.1, 0.15) is 18.9 Å². The van der Waals surface area contributed by atoms with E-state index in [0.29, 0.717) is 19.4 Å². The van der Waals surface area contributed by atoms with Crippen LogP contribution in [0, 0.1) is 0 Å². The Bertz CT molecular complexity index is 441. The van der Waals surface area contributed by atoms with Crippen LogP contribution >= 0.6 is 0 Å². The van der Waals surface area contributed by atoms with Crippen LogP contribution in [0.25, 0.3) is 0 Å². The van der Waals surface area contributed by atoms with E-state index in [9.17, 15) is 9.59 Å². The Hall–Kier alpha value is -1.88. The molecule has 0 bridgehead atoms. The average molecular weight is 277 g/mol. The number of amides is 2. The summed E-state index contributed by atoms with van der Waals surface area (Å²) in [6.45, 7) is 3.55. The Morgan fingerprint density at radius 2 is 1.80 bits per heavy atom. The molecule has 0 heterocycles. The van der Waals surface area contributed by atoms with Gasteiger partial charge in [-0.1, -0.05) is 19.1 Å². The van der Waals surface area contributed by atoms with Gasteiger partial charge in [-0.25, -0.2) is 0 Å². The maximum Gasteiger partial charge on any atom is 0.226 e. The molecule has 2 amide bonds. The van der Waals surface area contributed by atoms with Crippen LogP contribution in [0.2, 0.25) is 0 Å². The highest BCUT2D eigenvalue weighted by Gasteiger charge is 2.06. The molecule has 5 heteroatoms. The standard InChI is InChI=1S/C15H23N3O2/c1-4-16-10-9-14(19)17-13-7-5-12(6-8-13)11-15(20)18(2)3/h5-8,16H,4,9-11H2,1-3H3,(H,17,19). The third-order valence-electron chi connectivity index (χ3n) is 2.87. The van der Waals surface area contributed by atoms with Crippen LogP contribution in [-0.4, -0.2) is 43.9 Å². The number of carbonyl (C=O) groups excluding carboxylic acids is 2. The number of nitrogens with one attached hydrogen (secondary N) is 2. The predicted molar refractivity (Wildman–Crippen MR) is 80.6 cm³/mol. The van der Waals surface area contributed by atoms with E-state index in [1.54, 1.807) is 19.0 Å². The van der Waals surface area contributed by atoms with Crippen molar-refractivity contribution in [2.24, 2.45) is 0 Å². The Balaban J connectivity index is 2.46. The molecule has 0 aromatic heterocycles. The number of nitrogens with zero attached hydrogens (tertiary/aromatic N) is 1. The fraction of sp³-hybridized carbons (Fsp3) is 0.467. The molecule has 0 aliphatic rings. The Kier molecular flexibility index (Phi) is 6.73. The van der Waals surface area contributed by atoms with E-state index in [0.717, 1.165) is 17.8 Å². The molecule has 110 valence electrons. The monoisotopic (exact) mass is 277 g/mol. The molecule has 20 heavy (non-hydrogen) atoms. The summed E-state index contributed by atoms with van der Waals surface area (Å²) in [5.74, 6) is 0.0514. The summed E-state index contributed by atoms with van der Waals surface area (Å²) in [6.07, 6.45) is 0.830. The highest BCUT2D eigenvalue weighted by atomic mass is 16.2. The van der Waals surface area contributed by atoms with Gasteiger partial charge in [0.2, 0.25) is 11.8 Å². The average Bonchev–Trinajstić information content (AvgIpc) is 2.41. The number of likely N-dealkylation sites (N-methyl/N-ethyl adjacent to an activating group) is 1. The van der Waals surface area contributed by atoms with Gasteiger partial charge in [0, 0.05) is 32.7 Å². The first-order valence-electron chi connectivity index (χ1n) is 6.82. The normalized spacial score (nSPS) is 10.2. The van der Waals surface area contributed by atoms with E-state index in [1.807, 2.05) is 31.2 Å². The number of hydrogen-bond donors (Lipinski definition) is 2. The van der Waals surface area contributed by atoms with Crippen LogP contribution in [0.4, 0.5) is 5.69 Å². The van der Waals surface area contributed by atoms with Crippen molar-refractivity contribution in [3.63, 3.8) is 0 Å². The second-order valence-corrected chi connectivity index (χ2v) is 4.81. The van der Waals surface area contributed by atoms with E-state index >= 15 is 0 Å². The quantitative estimate of drug-likeness (QED) is 0.738. The molecule has 0 spiro atoms. The summed E-state index contributed by atoms with van der Waals surface area (Å²) in [7, 11) is 3.47. The maximum atomic E-state index is 11.6. The Morgan fingerprint density at radius 3 is 2.35 bits per heavy atom. The van der Waals surface area contributed by atoms with Crippen LogP contribution in [0.5, 0.6) is 0 Å². The molecule has 0 aliphatic heterocycles. The molecule has 5 nitrogen and oxygen atoms in total. The first-order valence-corrected chi connectivity index (χ1v) is 6.82. The zero-order valence-corrected chi connectivity index (χ0v) is 12.4. The molecule has 1 aromatic rings. The van der Waals surface area contributed by atoms with Gasteiger partial charge in [0.25, 0.3) is 0 Å². The van der Waals surface area contributed by atoms with Gasteiger partial charge >= 0.3 is 0 Å². The van der Waals surface area contributed by atoms with Crippen molar-refractivity contribution in [2.75, 3.05) is 32.5 Å². The van der Waals surface area contributed by atoms with Gasteiger partial charge in [-0.15, -0.1) is 0 Å². The Morgan fingerprint density at radius 1 is 1.15 bits per heavy atom. The zero-order chi connectivity index (χ0) is 15.0. The van der Waals surface area contributed by atoms with Crippen LogP contribution in [-0.2, 0) is 16.0 Å². The fourth-order valence-corrected chi connectivity index (χ4v) is 1.64. The van der Waals surface area contributed by atoms with Crippen LogP contribution < -0.4 is 10.6 Å². The van der Waals surface area contributed by atoms with Gasteiger partial charge in [-0.3, -0.25) is 9.59 Å². The van der Waals surface area contributed by atoms with Gasteiger partial charge in [-0.05, 0) is 24.2 Å². The minimum absolute atomic E-state index is 0.0110. The summed E-state index contributed by atoms with van der Waals surface area (Å²) >= 11 is 0. The van der Waals surface area contributed by atoms with Gasteiger partial charge < -0.3 is 15.5 Å². The lowest BCUT2D eigenvalue weighted by molar-refractivity contribution is -0.128. The van der Waals surface area contributed by atoms with Gasteiger partial charge in [0.15, 0.2) is 0 Å². The second kappa shape index (κ2) is 8.32. The van der Waals surface area contributed by atoms with E-state index in [2.05, 4.69) is 10.6 Å². The number of rotatable bonds is 7. The number of hydrogen-bond acceptors (Lipinski definition) is 3. The summed E-state index contributed by atoms with van der Waals surface area (Å²) in [4.78, 5) is 24.8. The van der Waals surface area contributed by atoms with Crippen molar-refractivity contribution in [1.82, 2.24) is 10.2 Å². The topological polar surface area (TPSA) is 61.4 Å². The van der Waals surface area contributed by atoms with Crippen LogP contribution in [0.3, 0.4) is 0 Å². The highest BCUT2D eigenvalue weighted by Crippen LogP contribution is 2.11. The molecule has 2 N–H and O–H groups in total. The minimum atomic E-state index is -0.0110. The smallest absolute Gasteiger partial charge is 0.226 e. The van der Waals surface area contributed by atoms with Gasteiger partial charge in [-0.2, -0.15) is 0 Å². The molecule has 0 saturated heterocycles. The lowest BCUT2D eigenvalue weighted by Crippen LogP contribution is -2.23. The zero-order valence-electron chi connectivity index (χ0n) is 12.4. The lowest BCUT2D eigenvalue weighted by atomic mass is 10.1. The maximum absolute atomic E-state index is 11.6. The first kappa shape index (κ1) is 16.2. The highest BCUT2D eigenvalue weighted by molar-refractivity contribution is 5.90. The molecule has 0 atom stereocenters. The molecule has 0 saturated carbocycles. The number of anilines is 1. The Labute approximate surface area is 120 Å². The van der Waals surface area contributed by atoms with Crippen molar-refractivity contribution >= 4 is 17.5 Å². The summed E-state index contributed by atoms with van der Waals surface area (Å²) < 4.78 is 0. The van der Waals surface area contributed by atoms with E-state index in [-0.39, 0.29) is 11.8 Å². The molecule has 1 rings (SSSR count). The fourth-order valence-electron chi connectivity index (χ4n) is 1.64. The summed E-state index contributed by atoms with van der Waals surface area (Å²) in [5, 5.41) is 5.93. The third kappa shape index (κ3) is 5.84. The summed E-state index contributed by atoms with van der Waals surface area (Å²) in [6, 6.07) is 7.37. The number of carbonyl (C=O) groups is 2. The van der Waals surface area contributed by atoms with Crippen molar-refractivity contribution in [3.8, 4) is 0 Å². The third-order valence-corrected chi connectivity index (χ3v) is 2.87.